The number of amides is 1. The highest BCUT2D eigenvalue weighted by molar-refractivity contribution is 7.98. The Morgan fingerprint density at radius 3 is 2.60 bits per heavy atom. The molecule has 82 valence electrons. The highest BCUT2D eigenvalue weighted by Crippen LogP contribution is 2.15. The van der Waals surface area contributed by atoms with Crippen LogP contribution in [0.5, 0.6) is 0 Å². The van der Waals surface area contributed by atoms with E-state index in [2.05, 4.69) is 35.9 Å². The molecular formula is C11H16N2OS. The van der Waals surface area contributed by atoms with E-state index in [1.807, 2.05) is 0 Å². The van der Waals surface area contributed by atoms with E-state index in [-0.39, 0.29) is 5.91 Å². The van der Waals surface area contributed by atoms with Crippen LogP contribution in [0.1, 0.15) is 18.4 Å². The molecule has 4 heteroatoms. The number of benzene rings is 1. The molecule has 3 nitrogen and oxygen atoms in total. The standard InChI is InChI=1S/C11H16N2OS/c1-15-10-7-5-9(6-8-10)3-2-4-11(14)13-12/h5-8H,2-4,12H2,1H3,(H,13,14). The Labute approximate surface area is 94.4 Å². The zero-order chi connectivity index (χ0) is 11.1. The van der Waals surface area contributed by atoms with Crippen LogP contribution in [0.4, 0.5) is 0 Å². The Hall–Kier alpha value is -1.00. The van der Waals surface area contributed by atoms with Gasteiger partial charge in [-0.25, -0.2) is 5.84 Å². The minimum absolute atomic E-state index is 0.101. The third kappa shape index (κ3) is 4.36. The minimum atomic E-state index is -0.101. The van der Waals surface area contributed by atoms with E-state index >= 15 is 0 Å². The maximum absolute atomic E-state index is 10.9. The van der Waals surface area contributed by atoms with Gasteiger partial charge < -0.3 is 0 Å². The van der Waals surface area contributed by atoms with Gasteiger partial charge in [-0.1, -0.05) is 12.1 Å². The average Bonchev–Trinajstić information content (AvgIpc) is 2.29. The minimum Gasteiger partial charge on any atom is -0.294 e. The van der Waals surface area contributed by atoms with E-state index in [1.54, 1.807) is 11.8 Å². The molecule has 15 heavy (non-hydrogen) atoms. The fourth-order valence-corrected chi connectivity index (χ4v) is 1.73. The molecule has 0 unspecified atom stereocenters. The summed E-state index contributed by atoms with van der Waals surface area (Å²) in [6.45, 7) is 0. The lowest BCUT2D eigenvalue weighted by Crippen LogP contribution is -2.29. The first kappa shape index (κ1) is 12.1. The van der Waals surface area contributed by atoms with E-state index in [1.165, 1.54) is 10.5 Å². The molecule has 0 saturated carbocycles. The number of thioether (sulfide) groups is 1. The van der Waals surface area contributed by atoms with E-state index < -0.39 is 0 Å². The number of hydrogen-bond acceptors (Lipinski definition) is 3. The van der Waals surface area contributed by atoms with Crippen LogP contribution in [0.3, 0.4) is 0 Å². The number of rotatable bonds is 5. The second kappa shape index (κ2) is 6.48. The molecule has 0 fully saturated rings. The molecule has 1 aromatic rings. The number of nitrogens with one attached hydrogen (secondary N) is 1. The van der Waals surface area contributed by atoms with Gasteiger partial charge in [0.1, 0.15) is 0 Å². The van der Waals surface area contributed by atoms with Crippen molar-refractivity contribution in [2.24, 2.45) is 5.84 Å². The molecule has 0 saturated heterocycles. The highest BCUT2D eigenvalue weighted by Gasteiger charge is 1.99. The van der Waals surface area contributed by atoms with E-state index in [4.69, 9.17) is 5.84 Å². The second-order valence-electron chi connectivity index (χ2n) is 3.27. The molecule has 0 spiro atoms. The lowest BCUT2D eigenvalue weighted by molar-refractivity contribution is -0.121. The normalized spacial score (nSPS) is 10.0. The van der Waals surface area contributed by atoms with Crippen molar-refractivity contribution in [3.8, 4) is 0 Å². The smallest absolute Gasteiger partial charge is 0.233 e. The molecule has 0 aliphatic carbocycles. The van der Waals surface area contributed by atoms with Crippen LogP contribution in [0.2, 0.25) is 0 Å². The quantitative estimate of drug-likeness (QED) is 0.346. The van der Waals surface area contributed by atoms with Gasteiger partial charge in [0.05, 0.1) is 0 Å². The van der Waals surface area contributed by atoms with Crippen molar-refractivity contribution in [2.45, 2.75) is 24.2 Å². The van der Waals surface area contributed by atoms with Crippen LogP contribution in [0.15, 0.2) is 29.2 Å². The molecule has 1 rings (SSSR count). The van der Waals surface area contributed by atoms with Crippen molar-refractivity contribution in [3.05, 3.63) is 29.8 Å². The lowest BCUT2D eigenvalue weighted by atomic mass is 10.1. The summed E-state index contributed by atoms with van der Waals surface area (Å²) < 4.78 is 0. The highest BCUT2D eigenvalue weighted by atomic mass is 32.2. The molecule has 0 aliphatic rings. The topological polar surface area (TPSA) is 55.1 Å². The fraction of sp³-hybridized carbons (Fsp3) is 0.364. The second-order valence-corrected chi connectivity index (χ2v) is 4.15. The Morgan fingerprint density at radius 1 is 1.40 bits per heavy atom. The van der Waals surface area contributed by atoms with Crippen molar-refractivity contribution in [1.82, 2.24) is 5.43 Å². The summed E-state index contributed by atoms with van der Waals surface area (Å²) in [6.07, 6.45) is 4.30. The van der Waals surface area contributed by atoms with Gasteiger partial charge in [-0.15, -0.1) is 11.8 Å². The molecule has 0 bridgehead atoms. The first-order valence-corrected chi connectivity index (χ1v) is 6.11. The van der Waals surface area contributed by atoms with Gasteiger partial charge in [0, 0.05) is 11.3 Å². The van der Waals surface area contributed by atoms with Crippen LogP contribution < -0.4 is 11.3 Å². The van der Waals surface area contributed by atoms with Crippen LogP contribution in [-0.4, -0.2) is 12.2 Å². The van der Waals surface area contributed by atoms with Gasteiger partial charge in [0.25, 0.3) is 0 Å². The van der Waals surface area contributed by atoms with E-state index in [0.29, 0.717) is 6.42 Å². The average molecular weight is 224 g/mol. The summed E-state index contributed by atoms with van der Waals surface area (Å²) in [5.74, 6) is 4.89. The Morgan fingerprint density at radius 2 is 2.07 bits per heavy atom. The van der Waals surface area contributed by atoms with Crippen molar-refractivity contribution in [2.75, 3.05) is 6.26 Å². The largest absolute Gasteiger partial charge is 0.294 e. The SMILES string of the molecule is CSc1ccc(CCCC(=O)NN)cc1. The van der Waals surface area contributed by atoms with Gasteiger partial charge >= 0.3 is 0 Å². The molecule has 0 heterocycles. The van der Waals surface area contributed by atoms with Gasteiger partial charge in [-0.3, -0.25) is 10.2 Å². The van der Waals surface area contributed by atoms with Gasteiger partial charge in [-0.05, 0) is 36.8 Å². The molecule has 1 aromatic carbocycles. The first-order valence-electron chi connectivity index (χ1n) is 4.88. The van der Waals surface area contributed by atoms with Gasteiger partial charge in [0.2, 0.25) is 5.91 Å². The molecule has 0 atom stereocenters. The van der Waals surface area contributed by atoms with Crippen LogP contribution >= 0.6 is 11.8 Å². The molecule has 0 aromatic heterocycles. The van der Waals surface area contributed by atoms with Gasteiger partial charge in [0.15, 0.2) is 0 Å². The number of hydrogen-bond donors (Lipinski definition) is 2. The third-order valence-electron chi connectivity index (χ3n) is 2.19. The number of carbonyl (C=O) groups excluding carboxylic acids is 1. The van der Waals surface area contributed by atoms with E-state index in [9.17, 15) is 4.79 Å². The Kier molecular flexibility index (Phi) is 5.21. The van der Waals surface area contributed by atoms with E-state index in [0.717, 1.165) is 12.8 Å². The monoisotopic (exact) mass is 224 g/mol. The summed E-state index contributed by atoms with van der Waals surface area (Å²) >= 11 is 1.73. The van der Waals surface area contributed by atoms with Crippen molar-refractivity contribution in [3.63, 3.8) is 0 Å². The van der Waals surface area contributed by atoms with Crippen LogP contribution in [0.25, 0.3) is 0 Å². The summed E-state index contributed by atoms with van der Waals surface area (Å²) in [6, 6.07) is 8.41. The zero-order valence-electron chi connectivity index (χ0n) is 8.82. The molecule has 3 N–H and O–H groups in total. The number of carbonyl (C=O) groups is 1. The summed E-state index contributed by atoms with van der Waals surface area (Å²) in [7, 11) is 0. The summed E-state index contributed by atoms with van der Waals surface area (Å²) in [5.41, 5.74) is 3.39. The maximum atomic E-state index is 10.9. The Bertz CT molecular complexity index is 311. The Balaban J connectivity index is 2.34. The van der Waals surface area contributed by atoms with Gasteiger partial charge in [-0.2, -0.15) is 0 Å². The summed E-state index contributed by atoms with van der Waals surface area (Å²) in [4.78, 5) is 12.1. The number of nitrogens with two attached hydrogens (primary N) is 1. The number of hydrazine groups is 1. The van der Waals surface area contributed by atoms with Crippen molar-refractivity contribution < 1.29 is 4.79 Å². The third-order valence-corrected chi connectivity index (χ3v) is 2.93. The molecule has 1 amide bonds. The molecule has 0 aliphatic heterocycles. The first-order chi connectivity index (χ1) is 7.26. The zero-order valence-corrected chi connectivity index (χ0v) is 9.64. The predicted molar refractivity (Wildman–Crippen MR) is 63.5 cm³/mol. The maximum Gasteiger partial charge on any atom is 0.233 e. The van der Waals surface area contributed by atoms with Crippen LogP contribution in [0, 0.1) is 0 Å². The fourth-order valence-electron chi connectivity index (χ4n) is 1.32. The molecule has 0 radical (unpaired) electrons. The van der Waals surface area contributed by atoms with Crippen LogP contribution in [-0.2, 0) is 11.2 Å². The lowest BCUT2D eigenvalue weighted by Gasteiger charge is -2.02. The van der Waals surface area contributed by atoms with Crippen molar-refractivity contribution in [1.29, 1.82) is 0 Å². The summed E-state index contributed by atoms with van der Waals surface area (Å²) in [5, 5.41) is 0. The molecular weight excluding hydrogens is 208 g/mol. The predicted octanol–water partition coefficient (Wildman–Crippen LogP) is 1.72. The van der Waals surface area contributed by atoms with Crippen molar-refractivity contribution >= 4 is 17.7 Å². The number of aryl methyl sites for hydroxylation is 1.